The van der Waals surface area contributed by atoms with Crippen molar-refractivity contribution in [3.63, 3.8) is 0 Å². The van der Waals surface area contributed by atoms with Crippen molar-refractivity contribution in [2.45, 2.75) is 110 Å². The molecule has 1 aliphatic carbocycles. The molecule has 3 N–H and O–H groups in total. The summed E-state index contributed by atoms with van der Waals surface area (Å²) in [7, 11) is 0. The van der Waals surface area contributed by atoms with E-state index in [9.17, 15) is 15.0 Å². The molecular formula is C35H43FN6O5. The van der Waals surface area contributed by atoms with Gasteiger partial charge in [-0.15, -0.1) is 0 Å². The summed E-state index contributed by atoms with van der Waals surface area (Å²) in [5, 5.41) is 31.4. The summed E-state index contributed by atoms with van der Waals surface area (Å²) < 4.78 is 25.7. The molecule has 12 heteroatoms. The highest BCUT2D eigenvalue weighted by Gasteiger charge is 2.32. The van der Waals surface area contributed by atoms with E-state index in [1.54, 1.807) is 29.0 Å². The topological polar surface area (TPSA) is 136 Å². The minimum atomic E-state index is -1.24. The molecule has 11 nitrogen and oxygen atoms in total. The van der Waals surface area contributed by atoms with Crippen molar-refractivity contribution in [1.29, 1.82) is 0 Å². The molecule has 1 saturated carbocycles. The minimum Gasteiger partial charge on any atom is -0.388 e. The molecule has 6 rings (SSSR count). The predicted octanol–water partition coefficient (Wildman–Crippen LogP) is 4.77. The third-order valence-electron chi connectivity index (χ3n) is 9.30. The number of aliphatic hydroxyl groups is 2. The van der Waals surface area contributed by atoms with Crippen LogP contribution >= 0.6 is 0 Å². The summed E-state index contributed by atoms with van der Waals surface area (Å²) in [5.41, 5.74) is 2.55. The smallest absolute Gasteiger partial charge is 0.304 e. The molecule has 0 saturated heterocycles. The Kier molecular flexibility index (Phi) is 9.19. The summed E-state index contributed by atoms with van der Waals surface area (Å²) in [5.74, 6) is 0.999. The lowest BCUT2D eigenvalue weighted by atomic mass is 9.91. The van der Waals surface area contributed by atoms with Crippen LogP contribution in [0.5, 0.6) is 0 Å². The predicted molar refractivity (Wildman–Crippen MR) is 176 cm³/mol. The van der Waals surface area contributed by atoms with Crippen molar-refractivity contribution in [3.05, 3.63) is 86.8 Å². The first-order valence-corrected chi connectivity index (χ1v) is 16.4. The van der Waals surface area contributed by atoms with E-state index in [0.29, 0.717) is 64.5 Å². The molecule has 0 bridgehead atoms. The lowest BCUT2D eigenvalue weighted by molar-refractivity contribution is -0.118. The van der Waals surface area contributed by atoms with Gasteiger partial charge in [-0.25, -0.2) is 8.91 Å². The van der Waals surface area contributed by atoms with Crippen LogP contribution in [0.2, 0.25) is 0 Å². The van der Waals surface area contributed by atoms with Crippen molar-refractivity contribution in [2.24, 2.45) is 5.16 Å². The van der Waals surface area contributed by atoms with E-state index in [1.165, 1.54) is 6.07 Å². The number of hydrogen-bond acceptors (Lipinski definition) is 9. The minimum absolute atomic E-state index is 0.00954. The first-order chi connectivity index (χ1) is 22.4. The number of fused-ring (bicyclic) bond motifs is 1. The molecule has 2 aliphatic rings. The van der Waals surface area contributed by atoms with Crippen molar-refractivity contribution >= 4 is 11.6 Å². The largest absolute Gasteiger partial charge is 0.388 e. The van der Waals surface area contributed by atoms with E-state index < -0.39 is 17.8 Å². The van der Waals surface area contributed by atoms with Gasteiger partial charge in [-0.3, -0.25) is 9.36 Å². The van der Waals surface area contributed by atoms with Gasteiger partial charge >= 0.3 is 6.41 Å². The number of benzene rings is 2. The van der Waals surface area contributed by atoms with E-state index in [4.69, 9.17) is 14.7 Å². The van der Waals surface area contributed by atoms with E-state index in [-0.39, 0.29) is 30.2 Å². The van der Waals surface area contributed by atoms with E-state index in [1.807, 2.05) is 51.1 Å². The Labute approximate surface area is 273 Å². The van der Waals surface area contributed by atoms with Crippen LogP contribution < -0.4 is 10.9 Å². The zero-order chi connectivity index (χ0) is 33.5. The Morgan fingerprint density at radius 3 is 2.51 bits per heavy atom. The molecule has 1 fully saturated rings. The Bertz CT molecular complexity index is 1850. The van der Waals surface area contributed by atoms with Gasteiger partial charge in [0.05, 0.1) is 23.5 Å². The van der Waals surface area contributed by atoms with Crippen molar-refractivity contribution in [1.82, 2.24) is 24.5 Å². The number of nitrogens with zero attached hydrogens (tertiary/aromatic N) is 5. The van der Waals surface area contributed by atoms with Gasteiger partial charge in [0, 0.05) is 23.6 Å². The molecule has 0 amide bonds. The summed E-state index contributed by atoms with van der Waals surface area (Å²) in [6, 6.07) is 12.2. The van der Waals surface area contributed by atoms with Gasteiger partial charge in [0.15, 0.2) is 5.84 Å². The second-order valence-corrected chi connectivity index (χ2v) is 13.2. The van der Waals surface area contributed by atoms with Crippen LogP contribution in [-0.2, 0) is 22.4 Å². The molecule has 0 radical (unpaired) electrons. The van der Waals surface area contributed by atoms with Gasteiger partial charge in [-0.05, 0) is 82.6 Å². The van der Waals surface area contributed by atoms with Gasteiger partial charge in [0.2, 0.25) is 5.78 Å². The second kappa shape index (κ2) is 13.2. The maximum atomic E-state index is 16.0. The lowest BCUT2D eigenvalue weighted by Gasteiger charge is -2.35. The number of halogens is 1. The number of rotatable bonds is 10. The second-order valence-electron chi connectivity index (χ2n) is 13.2. The standard InChI is InChI=1S/C35H43FN6O5/c1-6-9-30-28(18-23-13-12-22(19-29(23)36)26-10-7-8-11-27(26)31-38-34(44)47-40-31)32(43)41(33-37-21(3)39-42(30)33)24-14-16-25(17-15-24)46-20(2)35(4,5)45/h7-8,10-13,19-20,24-25,34,44-45H,6,9,14-18H2,1-5H3,(H,38,40)/t20?,24-,25-,34?. The highest BCUT2D eigenvalue weighted by molar-refractivity contribution is 6.04. The average molecular weight is 647 g/mol. The third kappa shape index (κ3) is 6.67. The molecule has 250 valence electrons. The zero-order valence-electron chi connectivity index (χ0n) is 27.5. The number of ether oxygens (including phenoxy) is 1. The number of aliphatic hydroxyl groups excluding tert-OH is 1. The van der Waals surface area contributed by atoms with E-state index in [2.05, 4.69) is 15.5 Å². The molecular weight excluding hydrogens is 603 g/mol. The Morgan fingerprint density at radius 1 is 1.15 bits per heavy atom. The number of amidine groups is 1. The first-order valence-electron chi connectivity index (χ1n) is 16.4. The lowest BCUT2D eigenvalue weighted by Crippen LogP contribution is -2.40. The van der Waals surface area contributed by atoms with Gasteiger partial charge in [-0.1, -0.05) is 54.9 Å². The first kappa shape index (κ1) is 32.8. The van der Waals surface area contributed by atoms with Crippen LogP contribution in [0.1, 0.15) is 94.0 Å². The molecule has 1 aliphatic heterocycles. The highest BCUT2D eigenvalue weighted by Crippen LogP contribution is 2.33. The van der Waals surface area contributed by atoms with Crippen molar-refractivity contribution in [2.75, 3.05) is 0 Å². The zero-order valence-corrected chi connectivity index (χ0v) is 27.5. The third-order valence-corrected chi connectivity index (χ3v) is 9.30. The maximum Gasteiger partial charge on any atom is 0.304 e. The molecule has 2 aromatic carbocycles. The fraction of sp³-hybridized carbons (Fsp3) is 0.486. The SMILES string of the molecule is CCCc1c(Cc2ccc(-c3ccccc3C3=NOC(O)N3)cc2F)c(=O)n([C@H]2CC[C@H](OC(C)C(C)(C)O)CC2)c2nc(C)nn12. The average Bonchev–Trinajstić information content (AvgIpc) is 3.65. The van der Waals surface area contributed by atoms with Gasteiger partial charge in [0.25, 0.3) is 5.56 Å². The summed E-state index contributed by atoms with van der Waals surface area (Å²) >= 11 is 0. The quantitative estimate of drug-likeness (QED) is 0.224. The fourth-order valence-corrected chi connectivity index (χ4v) is 6.51. The maximum absolute atomic E-state index is 16.0. The number of aromatic nitrogens is 4. The van der Waals surface area contributed by atoms with Crippen molar-refractivity contribution in [3.8, 4) is 11.1 Å². The van der Waals surface area contributed by atoms with E-state index >= 15 is 4.39 Å². The van der Waals surface area contributed by atoms with Crippen LogP contribution in [-0.4, -0.2) is 59.4 Å². The molecule has 2 unspecified atom stereocenters. The van der Waals surface area contributed by atoms with Crippen molar-refractivity contribution < 1.29 is 24.2 Å². The Morgan fingerprint density at radius 2 is 1.87 bits per heavy atom. The van der Waals surface area contributed by atoms with Crippen LogP contribution in [0.25, 0.3) is 16.9 Å². The van der Waals surface area contributed by atoms with Gasteiger partial charge < -0.3 is 25.1 Å². The summed E-state index contributed by atoms with van der Waals surface area (Å²) in [6.07, 6.45) is 2.82. The summed E-state index contributed by atoms with van der Waals surface area (Å²) in [6.45, 7) is 9.22. The monoisotopic (exact) mass is 646 g/mol. The normalized spacial score (nSPS) is 20.6. The summed E-state index contributed by atoms with van der Waals surface area (Å²) in [4.78, 5) is 24.0. The highest BCUT2D eigenvalue weighted by atomic mass is 19.1. The fourth-order valence-electron chi connectivity index (χ4n) is 6.51. The van der Waals surface area contributed by atoms with E-state index in [0.717, 1.165) is 25.0 Å². The Balaban J connectivity index is 1.34. The van der Waals surface area contributed by atoms with Crippen LogP contribution in [0.3, 0.4) is 0 Å². The number of nitrogens with one attached hydrogen (secondary N) is 1. The molecule has 2 aromatic heterocycles. The van der Waals surface area contributed by atoms with Crippen LogP contribution in [0.4, 0.5) is 4.39 Å². The molecule has 47 heavy (non-hydrogen) atoms. The molecule has 0 spiro atoms. The number of oxime groups is 1. The Hall–Kier alpha value is -4.13. The molecule has 3 heterocycles. The van der Waals surface area contributed by atoms with Gasteiger partial charge in [-0.2, -0.15) is 10.1 Å². The number of hydrogen-bond donors (Lipinski definition) is 3. The number of aryl methyl sites for hydroxylation is 2. The molecule has 4 aromatic rings. The van der Waals surface area contributed by atoms with Crippen LogP contribution in [0.15, 0.2) is 52.4 Å². The molecule has 2 atom stereocenters. The van der Waals surface area contributed by atoms with Gasteiger partial charge in [0.1, 0.15) is 11.6 Å². The van der Waals surface area contributed by atoms with Crippen LogP contribution in [0, 0.1) is 12.7 Å².